The van der Waals surface area contributed by atoms with E-state index in [2.05, 4.69) is 10.2 Å². The predicted molar refractivity (Wildman–Crippen MR) is 142 cm³/mol. The molecule has 0 unspecified atom stereocenters. The fourth-order valence-electron chi connectivity index (χ4n) is 4.05. The number of piperazine rings is 1. The number of aromatic nitrogens is 2. The summed E-state index contributed by atoms with van der Waals surface area (Å²) in [6.45, 7) is 5.93. The molecule has 0 aliphatic carbocycles. The Bertz CT molecular complexity index is 1360. The van der Waals surface area contributed by atoms with Gasteiger partial charge in [-0.25, -0.2) is 23.2 Å². The van der Waals surface area contributed by atoms with Gasteiger partial charge in [0.15, 0.2) is 0 Å². The van der Waals surface area contributed by atoms with Gasteiger partial charge in [0.2, 0.25) is 10.0 Å². The van der Waals surface area contributed by atoms with Crippen LogP contribution in [0.15, 0.2) is 35.2 Å². The first-order valence-corrected chi connectivity index (χ1v) is 14.4. The second-order valence-electron chi connectivity index (χ2n) is 8.76. The van der Waals surface area contributed by atoms with Crippen LogP contribution < -0.4 is 5.32 Å². The van der Waals surface area contributed by atoms with E-state index in [-0.39, 0.29) is 21.1 Å². The number of rotatable bonds is 8. The lowest BCUT2D eigenvalue weighted by Crippen LogP contribution is -2.48. The molecule has 13 heteroatoms. The van der Waals surface area contributed by atoms with Gasteiger partial charge in [-0.3, -0.25) is 4.90 Å². The van der Waals surface area contributed by atoms with Crippen molar-refractivity contribution in [2.24, 2.45) is 5.92 Å². The van der Waals surface area contributed by atoms with E-state index in [1.807, 2.05) is 38.1 Å². The summed E-state index contributed by atoms with van der Waals surface area (Å²) < 4.78 is 32.9. The normalized spacial score (nSPS) is 16.4. The van der Waals surface area contributed by atoms with E-state index in [0.717, 1.165) is 22.2 Å². The predicted octanol–water partition coefficient (Wildman–Crippen LogP) is 4.11. The molecular weight excluding hydrogens is 545 g/mol. The highest BCUT2D eigenvalue weighted by Crippen LogP contribution is 2.36. The summed E-state index contributed by atoms with van der Waals surface area (Å²) in [5.74, 6) is 0.757. The van der Waals surface area contributed by atoms with Gasteiger partial charge in [0.25, 0.3) is 0 Å². The number of hydrogen-bond donors (Lipinski definition) is 1. The fourth-order valence-corrected chi connectivity index (χ4v) is 7.58. The summed E-state index contributed by atoms with van der Waals surface area (Å²) in [7, 11) is -2.36. The molecule has 0 amide bonds. The van der Waals surface area contributed by atoms with Gasteiger partial charge < -0.3 is 10.1 Å². The van der Waals surface area contributed by atoms with Gasteiger partial charge in [-0.1, -0.05) is 49.2 Å². The van der Waals surface area contributed by atoms with Crippen LogP contribution in [0.3, 0.4) is 0 Å². The van der Waals surface area contributed by atoms with Crippen molar-refractivity contribution in [1.82, 2.24) is 19.2 Å². The van der Waals surface area contributed by atoms with E-state index in [1.165, 1.54) is 17.5 Å². The number of fused-ring (bicyclic) bond motifs is 1. The maximum atomic E-state index is 13.0. The number of ether oxygens (including phenoxy) is 1. The summed E-state index contributed by atoms with van der Waals surface area (Å²) in [5, 5.41) is 4.05. The van der Waals surface area contributed by atoms with Crippen molar-refractivity contribution in [1.29, 1.82) is 0 Å². The van der Waals surface area contributed by atoms with Crippen LogP contribution in [0.1, 0.15) is 19.7 Å². The van der Waals surface area contributed by atoms with Crippen LogP contribution in [0.5, 0.6) is 0 Å². The van der Waals surface area contributed by atoms with Crippen molar-refractivity contribution in [3.05, 3.63) is 44.8 Å². The molecule has 0 radical (unpaired) electrons. The summed E-state index contributed by atoms with van der Waals surface area (Å²) >= 11 is 13.1. The van der Waals surface area contributed by atoms with Gasteiger partial charge in [-0.2, -0.15) is 4.31 Å². The Kier molecular flexibility index (Phi) is 8.38. The average Bonchev–Trinajstić information content (AvgIpc) is 3.20. The zero-order chi connectivity index (χ0) is 26.0. The monoisotopic (exact) mass is 571 g/mol. The molecular formula is C23H27Cl2N5O4S2. The van der Waals surface area contributed by atoms with Gasteiger partial charge in [-0.05, 0) is 24.1 Å². The molecule has 1 aliphatic heterocycles. The Morgan fingerprint density at radius 3 is 2.47 bits per heavy atom. The number of para-hydroxylation sites is 1. The van der Waals surface area contributed by atoms with Gasteiger partial charge in [0.1, 0.15) is 26.9 Å². The molecule has 0 spiro atoms. The molecule has 1 atom stereocenters. The molecule has 1 aliphatic rings. The Balaban J connectivity index is 1.51. The van der Waals surface area contributed by atoms with E-state index < -0.39 is 16.1 Å². The first-order valence-electron chi connectivity index (χ1n) is 11.4. The van der Waals surface area contributed by atoms with Crippen LogP contribution in [0, 0.1) is 5.92 Å². The topological polar surface area (TPSA) is 105 Å². The van der Waals surface area contributed by atoms with Crippen molar-refractivity contribution >= 4 is 67.3 Å². The Morgan fingerprint density at radius 2 is 1.86 bits per heavy atom. The van der Waals surface area contributed by atoms with Crippen molar-refractivity contribution in [3.8, 4) is 0 Å². The molecule has 1 fully saturated rings. The van der Waals surface area contributed by atoms with Crippen LogP contribution in [0.2, 0.25) is 8.67 Å². The molecule has 1 N–H and O–H groups in total. The number of sulfonamides is 1. The lowest BCUT2D eigenvalue weighted by atomic mass is 10.0. The number of anilines is 1. The van der Waals surface area contributed by atoms with Crippen molar-refractivity contribution < 1.29 is 17.9 Å². The number of halogens is 2. The number of hydrogen-bond acceptors (Lipinski definition) is 9. The molecule has 3 aromatic rings. The number of carbonyl (C=O) groups is 1. The molecule has 36 heavy (non-hydrogen) atoms. The van der Waals surface area contributed by atoms with Gasteiger partial charge in [-0.15, -0.1) is 11.3 Å². The van der Waals surface area contributed by atoms with Crippen molar-refractivity contribution in [2.75, 3.05) is 38.6 Å². The zero-order valence-corrected chi connectivity index (χ0v) is 23.2. The Hall–Kier alpha value is -2.02. The number of methoxy groups -OCH3 is 1. The van der Waals surface area contributed by atoms with Crippen molar-refractivity contribution in [3.63, 3.8) is 0 Å². The minimum Gasteiger partial charge on any atom is -0.467 e. The van der Waals surface area contributed by atoms with E-state index in [9.17, 15) is 13.2 Å². The molecule has 0 saturated carbocycles. The first-order chi connectivity index (χ1) is 17.1. The van der Waals surface area contributed by atoms with E-state index in [1.54, 1.807) is 0 Å². The zero-order valence-electron chi connectivity index (χ0n) is 20.1. The van der Waals surface area contributed by atoms with E-state index in [4.69, 9.17) is 37.9 Å². The second-order valence-corrected chi connectivity index (χ2v) is 13.0. The standard InChI is InChI=1S/C23H27Cl2N5O4S2/c1-14(2)20(23(31)34-3)28-22-15-6-4-5-7-16(15)26-19(27-22)13-29-8-10-30(11-9-29)36(32,33)17-12-18(24)35-21(17)25/h4-7,12,14,20H,8-11,13H2,1-3H3,(H,26,27,28)/t20-/m0/s1. The maximum absolute atomic E-state index is 13.0. The highest BCUT2D eigenvalue weighted by atomic mass is 35.5. The lowest BCUT2D eigenvalue weighted by molar-refractivity contribution is -0.142. The van der Waals surface area contributed by atoms with Gasteiger partial charge in [0, 0.05) is 31.6 Å². The third-order valence-electron chi connectivity index (χ3n) is 6.00. The van der Waals surface area contributed by atoms with Crippen LogP contribution in [0.25, 0.3) is 10.9 Å². The molecule has 4 rings (SSSR count). The average molecular weight is 573 g/mol. The minimum atomic E-state index is -3.72. The number of carbonyl (C=O) groups excluding carboxylic acids is 1. The molecule has 1 saturated heterocycles. The van der Waals surface area contributed by atoms with E-state index >= 15 is 0 Å². The lowest BCUT2D eigenvalue weighted by Gasteiger charge is -2.33. The molecule has 3 heterocycles. The SMILES string of the molecule is COC(=O)[C@@H](Nc1nc(CN2CCN(S(=O)(=O)c3cc(Cl)sc3Cl)CC2)nc2ccccc12)C(C)C. The summed E-state index contributed by atoms with van der Waals surface area (Å²) in [4.78, 5) is 23.9. The summed E-state index contributed by atoms with van der Waals surface area (Å²) in [5.41, 5.74) is 0.752. The molecule has 194 valence electrons. The Labute approximate surface area is 224 Å². The highest BCUT2D eigenvalue weighted by Gasteiger charge is 2.32. The third-order valence-corrected chi connectivity index (χ3v) is 9.65. The molecule has 0 bridgehead atoms. The number of nitrogens with one attached hydrogen (secondary N) is 1. The fraction of sp³-hybridized carbons (Fsp3) is 0.435. The molecule has 2 aromatic heterocycles. The quantitative estimate of drug-likeness (QED) is 0.402. The maximum Gasteiger partial charge on any atom is 0.328 e. The van der Waals surface area contributed by atoms with Crippen LogP contribution in [-0.4, -0.2) is 72.9 Å². The number of benzene rings is 1. The van der Waals surface area contributed by atoms with Gasteiger partial charge in [0.05, 0.1) is 23.5 Å². The minimum absolute atomic E-state index is 0.0173. The molecule has 9 nitrogen and oxygen atoms in total. The smallest absolute Gasteiger partial charge is 0.328 e. The van der Waals surface area contributed by atoms with Crippen LogP contribution in [-0.2, 0) is 26.1 Å². The van der Waals surface area contributed by atoms with Crippen LogP contribution in [0.4, 0.5) is 5.82 Å². The first kappa shape index (κ1) is 27.0. The van der Waals surface area contributed by atoms with Gasteiger partial charge >= 0.3 is 5.97 Å². The second kappa shape index (κ2) is 11.2. The summed E-state index contributed by atoms with van der Waals surface area (Å²) in [6.07, 6.45) is 0. The number of esters is 1. The largest absolute Gasteiger partial charge is 0.467 e. The van der Waals surface area contributed by atoms with Crippen molar-refractivity contribution in [2.45, 2.75) is 31.3 Å². The summed E-state index contributed by atoms with van der Waals surface area (Å²) in [6, 6.07) is 8.43. The third kappa shape index (κ3) is 5.76. The van der Waals surface area contributed by atoms with Crippen LogP contribution >= 0.6 is 34.5 Å². The highest BCUT2D eigenvalue weighted by molar-refractivity contribution is 7.89. The number of thiophene rings is 1. The number of nitrogens with zero attached hydrogens (tertiary/aromatic N) is 4. The van der Waals surface area contributed by atoms with E-state index in [0.29, 0.717) is 48.7 Å². The Morgan fingerprint density at radius 1 is 1.17 bits per heavy atom. The molecule has 1 aromatic carbocycles.